The summed E-state index contributed by atoms with van der Waals surface area (Å²) in [5.41, 5.74) is 0.848. The molecular formula is C24H27FN4O4S. The Morgan fingerprint density at radius 1 is 1.12 bits per heavy atom. The van der Waals surface area contributed by atoms with Gasteiger partial charge in [0.1, 0.15) is 11.6 Å². The average Bonchev–Trinajstić information content (AvgIpc) is 3.37. The molecule has 1 N–H and O–H groups in total. The van der Waals surface area contributed by atoms with E-state index in [0.717, 1.165) is 25.7 Å². The second kappa shape index (κ2) is 9.99. The lowest BCUT2D eigenvalue weighted by atomic mass is 10.1. The number of carbonyl (C=O) groups is 1. The number of amides is 1. The minimum atomic E-state index is -3.73. The number of piperazine rings is 1. The molecule has 0 spiro atoms. The van der Waals surface area contributed by atoms with Gasteiger partial charge in [0.25, 0.3) is 5.91 Å². The molecular weight excluding hydrogens is 459 g/mol. The molecule has 0 radical (unpaired) electrons. The number of rotatable bonds is 6. The summed E-state index contributed by atoms with van der Waals surface area (Å²) in [6.45, 7) is 1.48. The third kappa shape index (κ3) is 5.00. The lowest BCUT2D eigenvalue weighted by Crippen LogP contribution is -2.49. The van der Waals surface area contributed by atoms with E-state index in [1.807, 2.05) is 11.0 Å². The number of sulfonamides is 1. The van der Waals surface area contributed by atoms with Crippen LogP contribution in [0, 0.1) is 17.1 Å². The third-order valence-corrected chi connectivity index (χ3v) is 7.75. The fraction of sp³-hybridized carbons (Fsp3) is 0.417. The van der Waals surface area contributed by atoms with Crippen molar-refractivity contribution in [3.05, 3.63) is 53.3 Å². The van der Waals surface area contributed by atoms with Crippen LogP contribution in [0.2, 0.25) is 0 Å². The minimum absolute atomic E-state index is 0.00425. The molecule has 0 atom stereocenters. The molecule has 2 aromatic rings. The Morgan fingerprint density at radius 2 is 1.82 bits per heavy atom. The van der Waals surface area contributed by atoms with Crippen molar-refractivity contribution in [2.24, 2.45) is 0 Å². The second-order valence-corrected chi connectivity index (χ2v) is 10.3. The van der Waals surface area contributed by atoms with Crippen LogP contribution in [0.5, 0.6) is 5.75 Å². The maximum atomic E-state index is 14.4. The maximum Gasteiger partial charge on any atom is 0.257 e. The van der Waals surface area contributed by atoms with E-state index in [1.165, 1.54) is 25.2 Å². The van der Waals surface area contributed by atoms with Crippen LogP contribution in [0.3, 0.4) is 0 Å². The largest absolute Gasteiger partial charge is 0.490 e. The topological polar surface area (TPSA) is 103 Å². The predicted octanol–water partition coefficient (Wildman–Crippen LogP) is 2.89. The van der Waals surface area contributed by atoms with Gasteiger partial charge in [0.15, 0.2) is 0 Å². The van der Waals surface area contributed by atoms with Gasteiger partial charge in [0.05, 0.1) is 33.9 Å². The smallest absolute Gasteiger partial charge is 0.257 e. The number of benzene rings is 2. The molecule has 10 heteroatoms. The van der Waals surface area contributed by atoms with Crippen LogP contribution in [0.4, 0.5) is 10.1 Å². The zero-order chi connectivity index (χ0) is 24.3. The standard InChI is InChI=1S/C24H27FN4O4S/c1-27-34(31,32)19-7-9-23(33-18-4-2-3-5-18)20(15-19)24(30)29-12-10-28(11-13-29)22-8-6-17(16-26)14-21(22)25/h6-9,14-15,18,27H,2-5,10-13H2,1H3. The average molecular weight is 487 g/mol. The molecule has 1 aliphatic heterocycles. The summed E-state index contributed by atoms with van der Waals surface area (Å²) in [5.74, 6) is -0.412. The van der Waals surface area contributed by atoms with Gasteiger partial charge >= 0.3 is 0 Å². The fourth-order valence-electron chi connectivity index (χ4n) is 4.40. The summed E-state index contributed by atoms with van der Waals surface area (Å²) in [4.78, 5) is 16.9. The monoisotopic (exact) mass is 486 g/mol. The molecule has 1 heterocycles. The van der Waals surface area contributed by atoms with Gasteiger partial charge in [-0.2, -0.15) is 5.26 Å². The van der Waals surface area contributed by atoms with Gasteiger partial charge in [-0.1, -0.05) is 0 Å². The molecule has 1 saturated carbocycles. The first-order chi connectivity index (χ1) is 16.3. The molecule has 1 aliphatic carbocycles. The first kappa shape index (κ1) is 24.0. The van der Waals surface area contributed by atoms with Gasteiger partial charge in [-0.05, 0) is 69.1 Å². The number of nitriles is 1. The van der Waals surface area contributed by atoms with E-state index in [0.29, 0.717) is 37.6 Å². The Hall–Kier alpha value is -3.16. The van der Waals surface area contributed by atoms with Gasteiger partial charge in [-0.25, -0.2) is 17.5 Å². The van der Waals surface area contributed by atoms with E-state index in [2.05, 4.69) is 4.72 Å². The number of hydrogen-bond donors (Lipinski definition) is 1. The predicted molar refractivity (Wildman–Crippen MR) is 125 cm³/mol. The van der Waals surface area contributed by atoms with Crippen LogP contribution < -0.4 is 14.4 Å². The SMILES string of the molecule is CNS(=O)(=O)c1ccc(OC2CCCC2)c(C(=O)N2CCN(c3ccc(C#N)cc3F)CC2)c1. The van der Waals surface area contributed by atoms with Gasteiger partial charge in [-0.3, -0.25) is 4.79 Å². The summed E-state index contributed by atoms with van der Waals surface area (Å²) in [7, 11) is -2.41. The molecule has 180 valence electrons. The van der Waals surface area contributed by atoms with Crippen molar-refractivity contribution >= 4 is 21.6 Å². The van der Waals surface area contributed by atoms with E-state index in [4.69, 9.17) is 10.00 Å². The Kier molecular flexibility index (Phi) is 7.05. The van der Waals surface area contributed by atoms with Crippen molar-refractivity contribution in [1.29, 1.82) is 5.26 Å². The van der Waals surface area contributed by atoms with Gasteiger partial charge in [0, 0.05) is 26.2 Å². The Labute approximate surface area is 199 Å². The van der Waals surface area contributed by atoms with Crippen molar-refractivity contribution in [3.63, 3.8) is 0 Å². The molecule has 0 unspecified atom stereocenters. The van der Waals surface area contributed by atoms with Crippen LogP contribution in [0.1, 0.15) is 41.6 Å². The van der Waals surface area contributed by atoms with Gasteiger partial charge in [-0.15, -0.1) is 0 Å². The third-order valence-electron chi connectivity index (χ3n) is 6.34. The quantitative estimate of drug-likeness (QED) is 0.674. The van der Waals surface area contributed by atoms with Crippen LogP contribution in [-0.2, 0) is 10.0 Å². The number of carbonyl (C=O) groups excluding carboxylic acids is 1. The summed E-state index contributed by atoms with van der Waals surface area (Å²) in [5, 5.41) is 8.94. The summed E-state index contributed by atoms with van der Waals surface area (Å²) in [6, 6.07) is 10.6. The van der Waals surface area contributed by atoms with E-state index in [-0.39, 0.29) is 28.0 Å². The molecule has 0 aromatic heterocycles. The lowest BCUT2D eigenvalue weighted by Gasteiger charge is -2.36. The van der Waals surface area contributed by atoms with Crippen molar-refractivity contribution in [2.45, 2.75) is 36.7 Å². The molecule has 2 aliphatic rings. The lowest BCUT2D eigenvalue weighted by molar-refractivity contribution is 0.0739. The molecule has 1 saturated heterocycles. The zero-order valence-electron chi connectivity index (χ0n) is 19.0. The molecule has 34 heavy (non-hydrogen) atoms. The van der Waals surface area contributed by atoms with E-state index >= 15 is 0 Å². The highest BCUT2D eigenvalue weighted by Crippen LogP contribution is 2.30. The van der Waals surface area contributed by atoms with E-state index in [9.17, 15) is 17.6 Å². The van der Waals surface area contributed by atoms with Crippen LogP contribution >= 0.6 is 0 Å². The maximum absolute atomic E-state index is 14.4. The fourth-order valence-corrected chi connectivity index (χ4v) is 5.16. The van der Waals surface area contributed by atoms with Crippen LogP contribution in [-0.4, -0.2) is 58.6 Å². The normalized spacial score (nSPS) is 17.0. The zero-order valence-corrected chi connectivity index (χ0v) is 19.8. The van der Waals surface area contributed by atoms with E-state index < -0.39 is 15.8 Å². The highest BCUT2D eigenvalue weighted by molar-refractivity contribution is 7.89. The van der Waals surface area contributed by atoms with Crippen molar-refractivity contribution in [1.82, 2.24) is 9.62 Å². The Balaban J connectivity index is 1.54. The number of anilines is 1. The molecule has 0 bridgehead atoms. The summed E-state index contributed by atoms with van der Waals surface area (Å²) < 4.78 is 47.5. The van der Waals surface area contributed by atoms with Gasteiger partial charge in [0.2, 0.25) is 10.0 Å². The molecule has 8 nitrogen and oxygen atoms in total. The molecule has 2 fully saturated rings. The Bertz CT molecular complexity index is 1210. The number of ether oxygens (including phenoxy) is 1. The van der Waals surface area contributed by atoms with Crippen LogP contribution in [0.15, 0.2) is 41.3 Å². The summed E-state index contributed by atoms with van der Waals surface area (Å²) in [6.07, 6.45) is 3.94. The Morgan fingerprint density at radius 3 is 2.44 bits per heavy atom. The first-order valence-electron chi connectivity index (χ1n) is 11.3. The first-order valence-corrected chi connectivity index (χ1v) is 12.8. The second-order valence-electron chi connectivity index (χ2n) is 8.45. The molecule has 1 amide bonds. The highest BCUT2D eigenvalue weighted by Gasteiger charge is 2.28. The minimum Gasteiger partial charge on any atom is -0.490 e. The van der Waals surface area contributed by atoms with Crippen molar-refractivity contribution < 1.29 is 22.3 Å². The summed E-state index contributed by atoms with van der Waals surface area (Å²) >= 11 is 0. The van der Waals surface area contributed by atoms with Crippen molar-refractivity contribution in [3.8, 4) is 11.8 Å². The van der Waals surface area contributed by atoms with Gasteiger partial charge < -0.3 is 14.5 Å². The number of nitrogens with one attached hydrogen (secondary N) is 1. The number of hydrogen-bond acceptors (Lipinski definition) is 6. The molecule has 2 aromatic carbocycles. The van der Waals surface area contributed by atoms with Crippen molar-refractivity contribution in [2.75, 3.05) is 38.1 Å². The number of nitrogens with zero attached hydrogens (tertiary/aromatic N) is 3. The highest BCUT2D eigenvalue weighted by atomic mass is 32.2. The molecule has 4 rings (SSSR count). The number of halogens is 1. The van der Waals surface area contributed by atoms with E-state index in [1.54, 1.807) is 23.1 Å². The van der Waals surface area contributed by atoms with Crippen LogP contribution in [0.25, 0.3) is 0 Å².